The molecule has 0 bridgehead atoms. The van der Waals surface area contributed by atoms with Crippen molar-refractivity contribution in [1.29, 1.82) is 5.41 Å². The van der Waals surface area contributed by atoms with Crippen LogP contribution in [0.5, 0.6) is 0 Å². The third-order valence-corrected chi connectivity index (χ3v) is 5.76. The maximum atomic E-state index is 12.9. The zero-order valence-electron chi connectivity index (χ0n) is 16.5. The van der Waals surface area contributed by atoms with Crippen LogP contribution in [0.1, 0.15) is 15.9 Å². The second kappa shape index (κ2) is 7.73. The summed E-state index contributed by atoms with van der Waals surface area (Å²) in [6, 6.07) is 19.1. The first-order valence-corrected chi connectivity index (χ1v) is 11.2. The molecule has 156 valence electrons. The van der Waals surface area contributed by atoms with Gasteiger partial charge in [-0.25, -0.2) is 8.42 Å². The lowest BCUT2D eigenvalue weighted by Crippen LogP contribution is -2.12. The fourth-order valence-electron chi connectivity index (χ4n) is 3.27. The van der Waals surface area contributed by atoms with Crippen LogP contribution in [0, 0.1) is 5.41 Å². The number of hydrogen-bond donors (Lipinski definition) is 3. The monoisotopic (exact) mass is 433 g/mol. The molecule has 8 heteroatoms. The van der Waals surface area contributed by atoms with E-state index >= 15 is 0 Å². The SMILES string of the molecule is CS(=O)(=O)c1cc(-c2cc(C(=O)Nc3ccccc3)cc3ccc(C(=N)N)cc23)co1. The number of nitrogens with two attached hydrogens (primary N) is 1. The van der Waals surface area contributed by atoms with Crippen molar-refractivity contribution in [3.63, 3.8) is 0 Å². The summed E-state index contributed by atoms with van der Waals surface area (Å²) < 4.78 is 29.0. The van der Waals surface area contributed by atoms with Crippen LogP contribution in [-0.4, -0.2) is 26.4 Å². The number of sulfone groups is 1. The summed E-state index contributed by atoms with van der Waals surface area (Å²) >= 11 is 0. The Balaban J connectivity index is 1.88. The lowest BCUT2D eigenvalue weighted by atomic mass is 9.95. The van der Waals surface area contributed by atoms with Gasteiger partial charge in [-0.15, -0.1) is 0 Å². The van der Waals surface area contributed by atoms with Gasteiger partial charge in [0, 0.05) is 34.7 Å². The predicted molar refractivity (Wildman–Crippen MR) is 120 cm³/mol. The Morgan fingerprint density at radius 2 is 1.74 bits per heavy atom. The quantitative estimate of drug-likeness (QED) is 0.323. The summed E-state index contributed by atoms with van der Waals surface area (Å²) in [4.78, 5) is 12.9. The van der Waals surface area contributed by atoms with Crippen molar-refractivity contribution in [2.75, 3.05) is 11.6 Å². The van der Waals surface area contributed by atoms with Gasteiger partial charge in [0.05, 0.1) is 0 Å². The van der Waals surface area contributed by atoms with Gasteiger partial charge >= 0.3 is 0 Å². The molecule has 0 spiro atoms. The van der Waals surface area contributed by atoms with E-state index in [1.165, 1.54) is 12.3 Å². The van der Waals surface area contributed by atoms with Crippen molar-refractivity contribution >= 4 is 38.0 Å². The Bertz CT molecular complexity index is 1420. The standard InChI is InChI=1S/C23H19N3O4S/c1-31(28,29)21-12-17(13-30-21)20-11-16(23(27)26-18-5-3-2-4-6-18)9-14-7-8-15(22(24)25)10-19(14)20/h2-13H,1H3,(H3,24,25)(H,26,27). The van der Waals surface area contributed by atoms with Crippen LogP contribution in [0.4, 0.5) is 5.69 Å². The number of amides is 1. The third-order valence-electron chi connectivity index (χ3n) is 4.81. The van der Waals surface area contributed by atoms with E-state index in [0.29, 0.717) is 33.3 Å². The molecule has 0 atom stereocenters. The van der Waals surface area contributed by atoms with E-state index < -0.39 is 9.84 Å². The van der Waals surface area contributed by atoms with Crippen molar-refractivity contribution in [3.8, 4) is 11.1 Å². The molecule has 0 aliphatic rings. The number of carbonyl (C=O) groups is 1. The number of nitrogen functional groups attached to an aromatic ring is 1. The average molecular weight is 433 g/mol. The van der Waals surface area contributed by atoms with Crippen LogP contribution in [0.25, 0.3) is 21.9 Å². The third kappa shape index (κ3) is 4.19. The number of rotatable bonds is 5. The minimum Gasteiger partial charge on any atom is -0.452 e. The normalized spacial score (nSPS) is 11.4. The number of hydrogen-bond acceptors (Lipinski definition) is 5. The molecule has 0 radical (unpaired) electrons. The predicted octanol–water partition coefficient (Wildman–Crippen LogP) is 4.04. The first-order chi connectivity index (χ1) is 14.7. The second-order valence-electron chi connectivity index (χ2n) is 7.12. The number of para-hydroxylation sites is 1. The van der Waals surface area contributed by atoms with Crippen LogP contribution >= 0.6 is 0 Å². The van der Waals surface area contributed by atoms with Crippen LogP contribution in [-0.2, 0) is 9.84 Å². The fourth-order valence-corrected chi connectivity index (χ4v) is 3.84. The molecule has 4 N–H and O–H groups in total. The van der Waals surface area contributed by atoms with Gasteiger partial charge in [0.25, 0.3) is 5.91 Å². The van der Waals surface area contributed by atoms with Crippen LogP contribution in [0.15, 0.2) is 82.5 Å². The fraction of sp³-hybridized carbons (Fsp3) is 0.0435. The summed E-state index contributed by atoms with van der Waals surface area (Å²) in [6.45, 7) is 0. The van der Waals surface area contributed by atoms with Crippen molar-refractivity contribution in [3.05, 3.63) is 84.1 Å². The molecule has 4 rings (SSSR count). The molecule has 0 fully saturated rings. The number of amidine groups is 1. The zero-order chi connectivity index (χ0) is 22.2. The molecule has 0 aliphatic heterocycles. The van der Waals surface area contributed by atoms with Gasteiger partial charge in [-0.3, -0.25) is 10.2 Å². The Hall–Kier alpha value is -3.91. The number of benzene rings is 3. The van der Waals surface area contributed by atoms with Crippen molar-refractivity contribution < 1.29 is 17.6 Å². The summed E-state index contributed by atoms with van der Waals surface area (Å²) in [7, 11) is -3.53. The van der Waals surface area contributed by atoms with Gasteiger partial charge in [-0.1, -0.05) is 30.3 Å². The van der Waals surface area contributed by atoms with Crippen molar-refractivity contribution in [2.24, 2.45) is 5.73 Å². The Kier molecular flexibility index (Phi) is 5.08. The van der Waals surface area contributed by atoms with E-state index in [1.54, 1.807) is 42.5 Å². The zero-order valence-corrected chi connectivity index (χ0v) is 17.4. The molecule has 7 nitrogen and oxygen atoms in total. The Morgan fingerprint density at radius 1 is 1.00 bits per heavy atom. The highest BCUT2D eigenvalue weighted by Crippen LogP contribution is 2.33. The van der Waals surface area contributed by atoms with Crippen LogP contribution in [0.3, 0.4) is 0 Å². The average Bonchev–Trinajstić information content (AvgIpc) is 3.24. The lowest BCUT2D eigenvalue weighted by molar-refractivity contribution is 0.102. The number of carbonyl (C=O) groups excluding carboxylic acids is 1. The molecular formula is C23H19N3O4S. The summed E-state index contributed by atoms with van der Waals surface area (Å²) in [5.41, 5.74) is 8.30. The molecule has 3 aromatic carbocycles. The van der Waals surface area contributed by atoms with Crippen molar-refractivity contribution in [2.45, 2.75) is 5.09 Å². The van der Waals surface area contributed by atoms with E-state index in [-0.39, 0.29) is 16.8 Å². The number of nitrogens with one attached hydrogen (secondary N) is 2. The van der Waals surface area contributed by atoms with Gasteiger partial charge in [-0.2, -0.15) is 0 Å². The van der Waals surface area contributed by atoms with Gasteiger partial charge in [0.2, 0.25) is 14.9 Å². The highest BCUT2D eigenvalue weighted by atomic mass is 32.2. The van der Waals surface area contributed by atoms with Gasteiger partial charge < -0.3 is 15.5 Å². The molecule has 0 aliphatic carbocycles. The molecular weight excluding hydrogens is 414 g/mol. The molecule has 1 heterocycles. The Morgan fingerprint density at radius 3 is 2.39 bits per heavy atom. The minimum atomic E-state index is -3.53. The number of anilines is 1. The van der Waals surface area contributed by atoms with Crippen LogP contribution < -0.4 is 11.1 Å². The lowest BCUT2D eigenvalue weighted by Gasteiger charge is -2.11. The topological polar surface area (TPSA) is 126 Å². The van der Waals surface area contributed by atoms with E-state index in [2.05, 4.69) is 5.32 Å². The van der Waals surface area contributed by atoms with Gasteiger partial charge in [0.15, 0.2) is 0 Å². The highest BCUT2D eigenvalue weighted by molar-refractivity contribution is 7.90. The molecule has 4 aromatic rings. The smallest absolute Gasteiger partial charge is 0.255 e. The molecule has 0 unspecified atom stereocenters. The van der Waals surface area contributed by atoms with E-state index in [1.807, 2.05) is 18.2 Å². The maximum Gasteiger partial charge on any atom is 0.255 e. The number of furan rings is 1. The summed E-state index contributed by atoms with van der Waals surface area (Å²) in [6.07, 6.45) is 2.40. The van der Waals surface area contributed by atoms with Crippen LogP contribution in [0.2, 0.25) is 0 Å². The second-order valence-corrected chi connectivity index (χ2v) is 9.07. The first-order valence-electron chi connectivity index (χ1n) is 9.30. The summed E-state index contributed by atoms with van der Waals surface area (Å²) in [5.74, 6) is -0.403. The largest absolute Gasteiger partial charge is 0.452 e. The Labute approximate surface area is 178 Å². The van der Waals surface area contributed by atoms with Gasteiger partial charge in [-0.05, 0) is 46.7 Å². The molecule has 0 saturated heterocycles. The van der Waals surface area contributed by atoms with Crippen molar-refractivity contribution in [1.82, 2.24) is 0 Å². The van der Waals surface area contributed by atoms with E-state index in [9.17, 15) is 13.2 Å². The van der Waals surface area contributed by atoms with E-state index in [4.69, 9.17) is 15.6 Å². The summed E-state index contributed by atoms with van der Waals surface area (Å²) in [5, 5.41) is 11.9. The van der Waals surface area contributed by atoms with E-state index in [0.717, 1.165) is 11.6 Å². The molecule has 1 amide bonds. The molecule has 31 heavy (non-hydrogen) atoms. The minimum absolute atomic E-state index is 0.0947. The number of fused-ring (bicyclic) bond motifs is 1. The van der Waals surface area contributed by atoms with Gasteiger partial charge in [0.1, 0.15) is 12.1 Å². The maximum absolute atomic E-state index is 12.9. The highest BCUT2D eigenvalue weighted by Gasteiger charge is 2.18. The molecule has 0 saturated carbocycles. The molecule has 1 aromatic heterocycles. The first kappa shape index (κ1) is 20.4.